The molecule has 0 radical (unpaired) electrons. The van der Waals surface area contributed by atoms with Crippen LogP contribution in [0.15, 0.2) is 140 Å². The van der Waals surface area contributed by atoms with E-state index in [1.807, 2.05) is 6.20 Å². The van der Waals surface area contributed by atoms with Crippen LogP contribution in [0.1, 0.15) is 0 Å². The van der Waals surface area contributed by atoms with Gasteiger partial charge >= 0.3 is 0 Å². The Bertz CT molecular complexity index is 1960. The molecule has 0 aliphatic carbocycles. The number of rotatable bonds is 3. The Morgan fingerprint density at radius 3 is 1.53 bits per heavy atom. The summed E-state index contributed by atoms with van der Waals surface area (Å²) in [6.07, 6.45) is 2.03. The Hall–Kier alpha value is -5.15. The van der Waals surface area contributed by atoms with Gasteiger partial charge in [0.05, 0.1) is 27.8 Å². The summed E-state index contributed by atoms with van der Waals surface area (Å²) in [6.45, 7) is 0. The number of para-hydroxylation sites is 4. The summed E-state index contributed by atoms with van der Waals surface area (Å²) in [4.78, 5) is 4.97. The second kappa shape index (κ2) is 8.19. The van der Waals surface area contributed by atoms with Gasteiger partial charge in [-0.25, -0.2) is 0 Å². The first-order chi connectivity index (χ1) is 18.9. The molecule has 0 N–H and O–H groups in total. The Morgan fingerprint density at radius 2 is 0.895 bits per heavy atom. The van der Waals surface area contributed by atoms with Crippen LogP contribution in [0, 0.1) is 0 Å². The quantitative estimate of drug-likeness (QED) is 0.245. The second-order valence-corrected chi connectivity index (χ2v) is 9.69. The topological polar surface area (TPSA) is 22.8 Å². The summed E-state index contributed by atoms with van der Waals surface area (Å²) in [5.74, 6) is 0. The third-order valence-electron chi connectivity index (χ3n) is 7.56. The summed E-state index contributed by atoms with van der Waals surface area (Å²) in [6, 6.07) is 47.3. The summed E-state index contributed by atoms with van der Waals surface area (Å²) in [5.41, 5.74) is 9.10. The van der Waals surface area contributed by atoms with Gasteiger partial charge in [0.25, 0.3) is 0 Å². The Kier molecular flexibility index (Phi) is 4.52. The standard InChI is InChI=1S/C35H23N3/c1-3-11-25(12-4-1)37-32-17-9-7-15-27(32)29-20-19-24(21-34(29)37)31-22-35-30(23-36-31)28-16-8-10-18-33(28)38(35)26-13-5-2-6-14-26/h1-23H. The number of fused-ring (bicyclic) bond motifs is 6. The van der Waals surface area contributed by atoms with E-state index in [0.717, 1.165) is 33.5 Å². The predicted molar refractivity (Wildman–Crippen MR) is 158 cm³/mol. The van der Waals surface area contributed by atoms with Crippen LogP contribution in [0.3, 0.4) is 0 Å². The van der Waals surface area contributed by atoms with Gasteiger partial charge in [0, 0.05) is 44.7 Å². The van der Waals surface area contributed by atoms with E-state index < -0.39 is 0 Å². The lowest BCUT2D eigenvalue weighted by Crippen LogP contribution is -1.95. The number of benzene rings is 5. The largest absolute Gasteiger partial charge is 0.309 e. The van der Waals surface area contributed by atoms with Crippen LogP contribution in [-0.4, -0.2) is 14.1 Å². The third kappa shape index (κ3) is 3.06. The molecule has 0 aliphatic heterocycles. The lowest BCUT2D eigenvalue weighted by atomic mass is 10.1. The Labute approximate surface area is 219 Å². The Balaban J connectivity index is 1.40. The first-order valence-electron chi connectivity index (χ1n) is 12.9. The predicted octanol–water partition coefficient (Wildman–Crippen LogP) is 8.94. The lowest BCUT2D eigenvalue weighted by Gasteiger charge is -2.10. The van der Waals surface area contributed by atoms with Gasteiger partial charge in [0.15, 0.2) is 0 Å². The molecule has 0 saturated heterocycles. The zero-order valence-electron chi connectivity index (χ0n) is 20.6. The molecule has 0 unspecified atom stereocenters. The highest BCUT2D eigenvalue weighted by Gasteiger charge is 2.16. The maximum Gasteiger partial charge on any atom is 0.0724 e. The minimum Gasteiger partial charge on any atom is -0.309 e. The van der Waals surface area contributed by atoms with Crippen molar-refractivity contribution < 1.29 is 0 Å². The molecular formula is C35H23N3. The van der Waals surface area contributed by atoms with Gasteiger partial charge in [0.1, 0.15) is 0 Å². The molecule has 178 valence electrons. The van der Waals surface area contributed by atoms with Crippen molar-refractivity contribution in [3.8, 4) is 22.6 Å². The van der Waals surface area contributed by atoms with Crippen LogP contribution in [-0.2, 0) is 0 Å². The first-order valence-corrected chi connectivity index (χ1v) is 12.9. The molecular weight excluding hydrogens is 462 g/mol. The molecule has 0 atom stereocenters. The highest BCUT2D eigenvalue weighted by Crippen LogP contribution is 2.37. The van der Waals surface area contributed by atoms with E-state index in [-0.39, 0.29) is 0 Å². The molecule has 0 fully saturated rings. The summed E-state index contributed by atoms with van der Waals surface area (Å²) < 4.78 is 4.70. The lowest BCUT2D eigenvalue weighted by molar-refractivity contribution is 1.17. The molecule has 0 saturated carbocycles. The van der Waals surface area contributed by atoms with E-state index in [0.29, 0.717) is 0 Å². The average Bonchev–Trinajstić information content (AvgIpc) is 3.50. The van der Waals surface area contributed by atoms with Crippen LogP contribution in [0.5, 0.6) is 0 Å². The number of nitrogens with zero attached hydrogens (tertiary/aromatic N) is 3. The molecule has 0 bridgehead atoms. The van der Waals surface area contributed by atoms with E-state index in [2.05, 4.69) is 143 Å². The number of pyridine rings is 1. The number of hydrogen-bond acceptors (Lipinski definition) is 1. The summed E-state index contributed by atoms with van der Waals surface area (Å²) in [7, 11) is 0. The molecule has 38 heavy (non-hydrogen) atoms. The van der Waals surface area contributed by atoms with E-state index in [1.54, 1.807) is 0 Å². The van der Waals surface area contributed by atoms with Crippen LogP contribution in [0.4, 0.5) is 0 Å². The molecule has 5 aromatic carbocycles. The fraction of sp³-hybridized carbons (Fsp3) is 0. The molecule has 3 heterocycles. The fourth-order valence-corrected chi connectivity index (χ4v) is 5.86. The van der Waals surface area contributed by atoms with Gasteiger partial charge in [-0.05, 0) is 48.5 Å². The smallest absolute Gasteiger partial charge is 0.0724 e. The van der Waals surface area contributed by atoms with Crippen LogP contribution >= 0.6 is 0 Å². The van der Waals surface area contributed by atoms with Gasteiger partial charge in [0.2, 0.25) is 0 Å². The van der Waals surface area contributed by atoms with Crippen molar-refractivity contribution in [3.63, 3.8) is 0 Å². The number of aromatic nitrogens is 3. The highest BCUT2D eigenvalue weighted by atomic mass is 15.0. The molecule has 8 rings (SSSR count). The Morgan fingerprint density at radius 1 is 0.395 bits per heavy atom. The van der Waals surface area contributed by atoms with Crippen molar-refractivity contribution in [2.24, 2.45) is 0 Å². The van der Waals surface area contributed by atoms with Gasteiger partial charge in [-0.2, -0.15) is 0 Å². The molecule has 0 amide bonds. The SMILES string of the molecule is c1ccc(-n2c3ccccc3c3ccc(-c4cc5c(cn4)c4ccccc4n5-c4ccccc4)cc32)cc1. The van der Waals surface area contributed by atoms with E-state index in [4.69, 9.17) is 4.98 Å². The van der Waals surface area contributed by atoms with Crippen LogP contribution in [0.25, 0.3) is 66.2 Å². The average molecular weight is 486 g/mol. The van der Waals surface area contributed by atoms with E-state index in [1.165, 1.54) is 32.7 Å². The van der Waals surface area contributed by atoms with Crippen molar-refractivity contribution in [1.82, 2.24) is 14.1 Å². The normalized spacial score (nSPS) is 11.7. The third-order valence-corrected chi connectivity index (χ3v) is 7.56. The zero-order chi connectivity index (χ0) is 25.1. The monoisotopic (exact) mass is 485 g/mol. The van der Waals surface area contributed by atoms with Crippen molar-refractivity contribution in [3.05, 3.63) is 140 Å². The maximum atomic E-state index is 4.97. The molecule has 3 aromatic heterocycles. The van der Waals surface area contributed by atoms with Crippen molar-refractivity contribution >= 4 is 43.6 Å². The highest BCUT2D eigenvalue weighted by molar-refractivity contribution is 6.11. The van der Waals surface area contributed by atoms with E-state index >= 15 is 0 Å². The molecule has 8 aromatic rings. The first kappa shape index (κ1) is 21.0. The molecule has 3 heteroatoms. The van der Waals surface area contributed by atoms with E-state index in [9.17, 15) is 0 Å². The van der Waals surface area contributed by atoms with Gasteiger partial charge in [-0.3, -0.25) is 4.98 Å². The van der Waals surface area contributed by atoms with Gasteiger partial charge < -0.3 is 9.13 Å². The minimum absolute atomic E-state index is 0.962. The van der Waals surface area contributed by atoms with Gasteiger partial charge in [-0.1, -0.05) is 84.9 Å². The van der Waals surface area contributed by atoms with Crippen LogP contribution < -0.4 is 0 Å². The van der Waals surface area contributed by atoms with Crippen molar-refractivity contribution in [2.75, 3.05) is 0 Å². The maximum absolute atomic E-state index is 4.97. The molecule has 0 aliphatic rings. The van der Waals surface area contributed by atoms with Gasteiger partial charge in [-0.15, -0.1) is 0 Å². The van der Waals surface area contributed by atoms with Crippen molar-refractivity contribution in [1.29, 1.82) is 0 Å². The minimum atomic E-state index is 0.962. The summed E-state index contributed by atoms with van der Waals surface area (Å²) in [5, 5.41) is 4.87. The molecule has 0 spiro atoms. The fourth-order valence-electron chi connectivity index (χ4n) is 5.86. The zero-order valence-corrected chi connectivity index (χ0v) is 20.6. The van der Waals surface area contributed by atoms with Crippen molar-refractivity contribution in [2.45, 2.75) is 0 Å². The second-order valence-electron chi connectivity index (χ2n) is 9.69. The number of hydrogen-bond donors (Lipinski definition) is 0. The molecule has 3 nitrogen and oxygen atoms in total. The van der Waals surface area contributed by atoms with Crippen LogP contribution in [0.2, 0.25) is 0 Å². The summed E-state index contributed by atoms with van der Waals surface area (Å²) >= 11 is 0.